The molecule has 1 saturated heterocycles. The van der Waals surface area contributed by atoms with Gasteiger partial charge in [-0.05, 0) is 72.4 Å². The van der Waals surface area contributed by atoms with Gasteiger partial charge in [-0.3, -0.25) is 0 Å². The third-order valence-electron chi connectivity index (χ3n) is 3.56. The van der Waals surface area contributed by atoms with Crippen molar-refractivity contribution in [1.29, 1.82) is 0 Å². The number of rotatable bonds is 4. The van der Waals surface area contributed by atoms with E-state index in [0.717, 1.165) is 38.2 Å². The topological polar surface area (TPSA) is 24.1 Å². The monoisotopic (exact) mass is 350 g/mol. The van der Waals surface area contributed by atoms with Crippen LogP contribution in [0.15, 0.2) is 22.7 Å². The van der Waals surface area contributed by atoms with Crippen molar-refractivity contribution in [3.8, 4) is 0 Å². The van der Waals surface area contributed by atoms with Gasteiger partial charge in [-0.25, -0.2) is 0 Å². The minimum absolute atomic E-state index is 0.453. The van der Waals surface area contributed by atoms with E-state index in [1.165, 1.54) is 18.9 Å². The molecule has 0 saturated carbocycles. The first-order chi connectivity index (χ1) is 9.47. The smallest absolute Gasteiger partial charge is 0.384 e. The summed E-state index contributed by atoms with van der Waals surface area (Å²) < 4.78 is 38.1. The van der Waals surface area contributed by atoms with Crippen molar-refractivity contribution >= 4 is 21.6 Å². The van der Waals surface area contributed by atoms with Crippen molar-refractivity contribution in [1.82, 2.24) is 5.32 Å². The lowest BCUT2D eigenvalue weighted by atomic mass is 9.96. The third-order valence-corrected chi connectivity index (χ3v) is 4.22. The van der Waals surface area contributed by atoms with Crippen molar-refractivity contribution < 1.29 is 13.2 Å². The minimum Gasteiger partial charge on any atom is -0.384 e. The third kappa shape index (κ3) is 4.38. The lowest BCUT2D eigenvalue weighted by Crippen LogP contribution is -2.30. The minimum atomic E-state index is -4.30. The molecular formula is C14H18BrF3N2. The van der Waals surface area contributed by atoms with E-state index in [0.29, 0.717) is 16.1 Å². The molecule has 0 amide bonds. The molecule has 6 heteroatoms. The van der Waals surface area contributed by atoms with Crippen LogP contribution in [0, 0.1) is 5.92 Å². The molecule has 1 heterocycles. The Labute approximate surface area is 125 Å². The second kappa shape index (κ2) is 6.80. The average Bonchev–Trinajstić information content (AvgIpc) is 2.40. The Balaban J connectivity index is 1.86. The van der Waals surface area contributed by atoms with Crippen molar-refractivity contribution in [3.05, 3.63) is 28.2 Å². The first kappa shape index (κ1) is 15.6. The Morgan fingerprint density at radius 3 is 2.75 bits per heavy atom. The van der Waals surface area contributed by atoms with E-state index in [2.05, 4.69) is 26.6 Å². The molecule has 0 aliphatic carbocycles. The standard InChI is InChI=1S/C14H18BrF3N2/c15-12-8-11(14(16,17)18)3-4-13(12)20-7-5-10-2-1-6-19-9-10/h3-4,8,10,19-20H,1-2,5-7,9H2. The zero-order chi connectivity index (χ0) is 14.6. The number of nitrogens with one attached hydrogen (secondary N) is 2. The maximum Gasteiger partial charge on any atom is 0.416 e. The Hall–Kier alpha value is -0.750. The molecule has 0 bridgehead atoms. The van der Waals surface area contributed by atoms with Gasteiger partial charge in [-0.15, -0.1) is 0 Å². The van der Waals surface area contributed by atoms with Crippen molar-refractivity contribution in [2.75, 3.05) is 25.0 Å². The Morgan fingerprint density at radius 1 is 1.35 bits per heavy atom. The predicted molar refractivity (Wildman–Crippen MR) is 77.8 cm³/mol. The van der Waals surface area contributed by atoms with Crippen LogP contribution in [0.25, 0.3) is 0 Å². The Bertz CT molecular complexity index is 443. The molecule has 2 rings (SSSR count). The number of anilines is 1. The maximum atomic E-state index is 12.5. The molecule has 1 atom stereocenters. The second-order valence-electron chi connectivity index (χ2n) is 5.12. The summed E-state index contributed by atoms with van der Waals surface area (Å²) in [4.78, 5) is 0. The highest BCUT2D eigenvalue weighted by molar-refractivity contribution is 9.10. The molecule has 1 aliphatic heterocycles. The van der Waals surface area contributed by atoms with E-state index in [1.54, 1.807) is 0 Å². The molecule has 112 valence electrons. The van der Waals surface area contributed by atoms with Crippen LogP contribution in [0.4, 0.5) is 18.9 Å². The van der Waals surface area contributed by atoms with Gasteiger partial charge in [0, 0.05) is 16.7 Å². The van der Waals surface area contributed by atoms with Crippen LogP contribution >= 0.6 is 15.9 Å². The lowest BCUT2D eigenvalue weighted by molar-refractivity contribution is -0.137. The van der Waals surface area contributed by atoms with E-state index >= 15 is 0 Å². The molecule has 0 radical (unpaired) electrons. The van der Waals surface area contributed by atoms with Crippen LogP contribution in [-0.2, 0) is 6.18 Å². The summed E-state index contributed by atoms with van der Waals surface area (Å²) in [6, 6.07) is 3.70. The predicted octanol–water partition coefficient (Wildman–Crippen LogP) is 4.27. The largest absolute Gasteiger partial charge is 0.416 e. The van der Waals surface area contributed by atoms with Gasteiger partial charge in [-0.2, -0.15) is 13.2 Å². The first-order valence-electron chi connectivity index (χ1n) is 6.78. The number of hydrogen-bond acceptors (Lipinski definition) is 2. The van der Waals surface area contributed by atoms with Gasteiger partial charge in [0.1, 0.15) is 0 Å². The van der Waals surface area contributed by atoms with E-state index in [9.17, 15) is 13.2 Å². The van der Waals surface area contributed by atoms with Gasteiger partial charge >= 0.3 is 6.18 Å². The molecule has 1 fully saturated rings. The molecule has 0 spiro atoms. The van der Waals surface area contributed by atoms with Crippen LogP contribution in [0.2, 0.25) is 0 Å². The summed E-state index contributed by atoms with van der Waals surface area (Å²) in [6.45, 7) is 2.90. The lowest BCUT2D eigenvalue weighted by Gasteiger charge is -2.23. The number of piperidine rings is 1. The first-order valence-corrected chi connectivity index (χ1v) is 7.57. The van der Waals surface area contributed by atoms with E-state index in [1.807, 2.05) is 0 Å². The van der Waals surface area contributed by atoms with Gasteiger partial charge < -0.3 is 10.6 Å². The van der Waals surface area contributed by atoms with Crippen molar-refractivity contribution in [2.24, 2.45) is 5.92 Å². The Morgan fingerprint density at radius 2 is 2.15 bits per heavy atom. The fourth-order valence-corrected chi connectivity index (χ4v) is 2.94. The zero-order valence-electron chi connectivity index (χ0n) is 11.1. The van der Waals surface area contributed by atoms with Crippen LogP contribution in [0.5, 0.6) is 0 Å². The SMILES string of the molecule is FC(F)(F)c1ccc(NCCC2CCCNC2)c(Br)c1. The summed E-state index contributed by atoms with van der Waals surface area (Å²) in [5.74, 6) is 0.657. The van der Waals surface area contributed by atoms with Crippen LogP contribution in [0.3, 0.4) is 0 Å². The quantitative estimate of drug-likeness (QED) is 0.847. The highest BCUT2D eigenvalue weighted by atomic mass is 79.9. The molecule has 2 nitrogen and oxygen atoms in total. The van der Waals surface area contributed by atoms with Gasteiger partial charge in [0.2, 0.25) is 0 Å². The molecule has 1 unspecified atom stereocenters. The van der Waals surface area contributed by atoms with Crippen molar-refractivity contribution in [3.63, 3.8) is 0 Å². The normalized spacial score (nSPS) is 19.9. The highest BCUT2D eigenvalue weighted by Crippen LogP contribution is 2.33. The van der Waals surface area contributed by atoms with Crippen molar-refractivity contribution in [2.45, 2.75) is 25.4 Å². The molecule has 0 aromatic heterocycles. The van der Waals surface area contributed by atoms with Gasteiger partial charge in [0.25, 0.3) is 0 Å². The fraction of sp³-hybridized carbons (Fsp3) is 0.571. The summed E-state index contributed by atoms with van der Waals surface area (Å²) in [5, 5.41) is 6.55. The average molecular weight is 351 g/mol. The molecule has 1 aromatic rings. The molecular weight excluding hydrogens is 333 g/mol. The van der Waals surface area contributed by atoms with Crippen LogP contribution in [-0.4, -0.2) is 19.6 Å². The number of halogens is 4. The van der Waals surface area contributed by atoms with E-state index in [4.69, 9.17) is 0 Å². The number of hydrogen-bond donors (Lipinski definition) is 2. The summed E-state index contributed by atoms with van der Waals surface area (Å²) in [6.07, 6.45) is -0.840. The number of alkyl halides is 3. The zero-order valence-corrected chi connectivity index (χ0v) is 12.6. The van der Waals surface area contributed by atoms with Crippen LogP contribution in [0.1, 0.15) is 24.8 Å². The van der Waals surface area contributed by atoms with E-state index in [-0.39, 0.29) is 0 Å². The second-order valence-corrected chi connectivity index (χ2v) is 5.97. The summed E-state index contributed by atoms with van der Waals surface area (Å²) in [5.41, 5.74) is 0.0770. The van der Waals surface area contributed by atoms with Gasteiger partial charge in [-0.1, -0.05) is 0 Å². The molecule has 2 N–H and O–H groups in total. The molecule has 1 aromatic carbocycles. The highest BCUT2D eigenvalue weighted by Gasteiger charge is 2.30. The van der Waals surface area contributed by atoms with Gasteiger partial charge in [0.15, 0.2) is 0 Å². The van der Waals surface area contributed by atoms with Gasteiger partial charge in [0.05, 0.1) is 5.56 Å². The van der Waals surface area contributed by atoms with E-state index < -0.39 is 11.7 Å². The Kier molecular flexibility index (Phi) is 5.32. The fourth-order valence-electron chi connectivity index (χ4n) is 2.42. The molecule has 20 heavy (non-hydrogen) atoms. The van der Waals surface area contributed by atoms with Crippen LogP contribution < -0.4 is 10.6 Å². The summed E-state index contributed by atoms with van der Waals surface area (Å²) >= 11 is 3.19. The summed E-state index contributed by atoms with van der Waals surface area (Å²) in [7, 11) is 0. The maximum absolute atomic E-state index is 12.5. The number of benzene rings is 1. The molecule has 1 aliphatic rings.